The fourth-order valence-electron chi connectivity index (χ4n) is 1.61. The molecule has 0 fully saturated rings. The quantitative estimate of drug-likeness (QED) is 0.495. The van der Waals surface area contributed by atoms with Crippen LogP contribution in [-0.4, -0.2) is 60.7 Å². The molecule has 1 unspecified atom stereocenters. The van der Waals surface area contributed by atoms with E-state index in [1.807, 2.05) is 21.1 Å². The van der Waals surface area contributed by atoms with Crippen molar-refractivity contribution in [3.8, 4) is 0 Å². The van der Waals surface area contributed by atoms with E-state index >= 15 is 0 Å². The van der Waals surface area contributed by atoms with Crippen molar-refractivity contribution < 1.29 is 24.2 Å². The SMILES string of the molecule is CC(C)CCOC(O)(CC(=O)O)C[N+](C)(C)C. The average Bonchev–Trinajstić information content (AvgIpc) is 1.95. The Hall–Kier alpha value is -0.650. The van der Waals surface area contributed by atoms with Gasteiger partial charge in [0.2, 0.25) is 5.79 Å². The summed E-state index contributed by atoms with van der Waals surface area (Å²) < 4.78 is 5.84. The fraction of sp³-hybridized carbons (Fsp3) is 0.917. The number of hydrogen-bond donors (Lipinski definition) is 2. The van der Waals surface area contributed by atoms with Gasteiger partial charge in [0.05, 0.1) is 27.7 Å². The summed E-state index contributed by atoms with van der Waals surface area (Å²) in [5.74, 6) is -2.17. The molecular formula is C12H26NO4+. The first kappa shape index (κ1) is 16.4. The highest BCUT2D eigenvalue weighted by molar-refractivity contribution is 5.67. The molecule has 5 nitrogen and oxygen atoms in total. The van der Waals surface area contributed by atoms with E-state index < -0.39 is 11.8 Å². The second-order valence-electron chi connectivity index (χ2n) is 6.00. The molecule has 0 aromatic carbocycles. The third kappa shape index (κ3) is 9.09. The summed E-state index contributed by atoms with van der Waals surface area (Å²) in [6, 6.07) is 0. The number of carboxylic acid groups (broad SMARTS) is 1. The maximum Gasteiger partial charge on any atom is 0.309 e. The molecule has 1 atom stereocenters. The summed E-state index contributed by atoms with van der Waals surface area (Å²) in [5, 5.41) is 19.0. The molecule has 0 aromatic rings. The summed E-state index contributed by atoms with van der Waals surface area (Å²) in [4.78, 5) is 10.8. The lowest BCUT2D eigenvalue weighted by molar-refractivity contribution is -0.881. The van der Waals surface area contributed by atoms with Crippen molar-refractivity contribution in [1.82, 2.24) is 0 Å². The van der Waals surface area contributed by atoms with E-state index in [2.05, 4.69) is 13.8 Å². The number of ether oxygens (including phenoxy) is 1. The lowest BCUT2D eigenvalue weighted by atomic mass is 10.1. The van der Waals surface area contributed by atoms with Crippen molar-refractivity contribution in [3.63, 3.8) is 0 Å². The topological polar surface area (TPSA) is 66.8 Å². The second kappa shape index (κ2) is 6.33. The highest BCUT2D eigenvalue weighted by Gasteiger charge is 2.37. The van der Waals surface area contributed by atoms with Gasteiger partial charge in [-0.3, -0.25) is 4.79 Å². The molecule has 0 bridgehead atoms. The number of nitrogens with zero attached hydrogens (tertiary/aromatic N) is 1. The van der Waals surface area contributed by atoms with Crippen LogP contribution < -0.4 is 0 Å². The number of rotatable bonds is 8. The molecule has 5 heteroatoms. The van der Waals surface area contributed by atoms with Crippen LogP contribution in [0.3, 0.4) is 0 Å². The summed E-state index contributed by atoms with van der Waals surface area (Å²) >= 11 is 0. The summed E-state index contributed by atoms with van der Waals surface area (Å²) in [5.41, 5.74) is 0. The molecule has 0 spiro atoms. The Morgan fingerprint density at radius 3 is 2.24 bits per heavy atom. The van der Waals surface area contributed by atoms with E-state index in [1.54, 1.807) is 0 Å². The predicted molar refractivity (Wildman–Crippen MR) is 65.5 cm³/mol. The maximum atomic E-state index is 10.8. The van der Waals surface area contributed by atoms with Gasteiger partial charge in [-0.05, 0) is 12.3 Å². The number of quaternary nitrogens is 1. The lowest BCUT2D eigenvalue weighted by Crippen LogP contribution is -2.52. The van der Waals surface area contributed by atoms with Gasteiger partial charge >= 0.3 is 5.97 Å². The fourth-order valence-corrected chi connectivity index (χ4v) is 1.61. The average molecular weight is 248 g/mol. The minimum absolute atomic E-state index is 0.247. The summed E-state index contributed by atoms with van der Waals surface area (Å²) in [6.45, 7) is 4.73. The molecular weight excluding hydrogens is 222 g/mol. The minimum Gasteiger partial charge on any atom is -0.481 e. The van der Waals surface area contributed by atoms with Gasteiger partial charge in [0.15, 0.2) is 0 Å². The largest absolute Gasteiger partial charge is 0.481 e. The van der Waals surface area contributed by atoms with Crippen molar-refractivity contribution >= 4 is 5.97 Å². The van der Waals surface area contributed by atoms with E-state index in [0.29, 0.717) is 17.0 Å². The molecule has 0 heterocycles. The van der Waals surface area contributed by atoms with Crippen LogP contribution in [0.5, 0.6) is 0 Å². The summed E-state index contributed by atoms with van der Waals surface area (Å²) in [6.07, 6.45) is 0.416. The molecule has 0 aliphatic heterocycles. The van der Waals surface area contributed by atoms with Gasteiger partial charge in [-0.25, -0.2) is 0 Å². The van der Waals surface area contributed by atoms with Crippen LogP contribution in [0, 0.1) is 5.92 Å². The Morgan fingerprint density at radius 1 is 1.35 bits per heavy atom. The van der Waals surface area contributed by atoms with Gasteiger partial charge in [0, 0.05) is 0 Å². The standard InChI is InChI=1S/C12H25NO4/c1-10(2)6-7-17-12(16,8-11(14)15)9-13(3,4)5/h10,16H,6-9H2,1-5H3/p+1. The zero-order chi connectivity index (χ0) is 13.7. The highest BCUT2D eigenvalue weighted by atomic mass is 16.6. The van der Waals surface area contributed by atoms with E-state index in [-0.39, 0.29) is 13.0 Å². The molecule has 0 aliphatic carbocycles. The first-order valence-corrected chi connectivity index (χ1v) is 5.93. The lowest BCUT2D eigenvalue weighted by Gasteiger charge is -2.34. The van der Waals surface area contributed by atoms with Gasteiger partial charge in [0.25, 0.3) is 0 Å². The van der Waals surface area contributed by atoms with E-state index in [1.165, 1.54) is 0 Å². The van der Waals surface area contributed by atoms with Crippen molar-refractivity contribution in [1.29, 1.82) is 0 Å². The molecule has 0 saturated carbocycles. The van der Waals surface area contributed by atoms with Crippen LogP contribution in [0.1, 0.15) is 26.7 Å². The van der Waals surface area contributed by atoms with Gasteiger partial charge in [-0.1, -0.05) is 13.8 Å². The number of aliphatic carboxylic acids is 1. The predicted octanol–water partition coefficient (Wildman–Crippen LogP) is 0.919. The zero-order valence-corrected chi connectivity index (χ0v) is 11.6. The second-order valence-corrected chi connectivity index (χ2v) is 6.00. The number of carboxylic acids is 1. The van der Waals surface area contributed by atoms with E-state index in [4.69, 9.17) is 9.84 Å². The number of hydrogen-bond acceptors (Lipinski definition) is 3. The molecule has 0 aromatic heterocycles. The number of aliphatic hydroxyl groups is 1. The molecule has 0 rings (SSSR count). The monoisotopic (exact) mass is 248 g/mol. The Labute approximate surface area is 104 Å². The first-order valence-electron chi connectivity index (χ1n) is 5.93. The third-order valence-corrected chi connectivity index (χ3v) is 2.21. The molecule has 0 saturated heterocycles. The van der Waals surface area contributed by atoms with Crippen LogP contribution in [0.2, 0.25) is 0 Å². The number of likely N-dealkylation sites (N-methyl/N-ethyl adjacent to an activating group) is 1. The van der Waals surface area contributed by atoms with Crippen molar-refractivity contribution in [3.05, 3.63) is 0 Å². The summed E-state index contributed by atoms with van der Waals surface area (Å²) in [7, 11) is 5.66. The smallest absolute Gasteiger partial charge is 0.309 e. The van der Waals surface area contributed by atoms with Gasteiger partial charge in [-0.2, -0.15) is 0 Å². The normalized spacial score (nSPS) is 15.9. The Bertz CT molecular complexity index is 247. The van der Waals surface area contributed by atoms with Crippen LogP contribution >= 0.6 is 0 Å². The maximum absolute atomic E-state index is 10.8. The molecule has 102 valence electrons. The molecule has 0 amide bonds. The Morgan fingerprint density at radius 2 is 1.88 bits per heavy atom. The minimum atomic E-state index is -1.58. The highest BCUT2D eigenvalue weighted by Crippen LogP contribution is 2.17. The molecule has 2 N–H and O–H groups in total. The van der Waals surface area contributed by atoms with Crippen molar-refractivity contribution in [2.75, 3.05) is 34.3 Å². The zero-order valence-electron chi connectivity index (χ0n) is 11.6. The molecule has 0 radical (unpaired) electrons. The Kier molecular flexibility index (Phi) is 6.09. The van der Waals surface area contributed by atoms with Crippen LogP contribution in [0.15, 0.2) is 0 Å². The van der Waals surface area contributed by atoms with Gasteiger partial charge < -0.3 is 19.4 Å². The third-order valence-electron chi connectivity index (χ3n) is 2.21. The van der Waals surface area contributed by atoms with Crippen LogP contribution in [-0.2, 0) is 9.53 Å². The van der Waals surface area contributed by atoms with E-state index in [0.717, 1.165) is 6.42 Å². The van der Waals surface area contributed by atoms with Gasteiger partial charge in [0.1, 0.15) is 13.0 Å². The number of carbonyl (C=O) groups is 1. The van der Waals surface area contributed by atoms with E-state index in [9.17, 15) is 9.90 Å². The first-order chi connectivity index (χ1) is 7.54. The molecule has 17 heavy (non-hydrogen) atoms. The van der Waals surface area contributed by atoms with Gasteiger partial charge in [-0.15, -0.1) is 0 Å². The molecule has 0 aliphatic rings. The Balaban J connectivity index is 4.44. The van der Waals surface area contributed by atoms with Crippen molar-refractivity contribution in [2.24, 2.45) is 5.92 Å². The van der Waals surface area contributed by atoms with Crippen LogP contribution in [0.4, 0.5) is 0 Å². The van der Waals surface area contributed by atoms with Crippen molar-refractivity contribution in [2.45, 2.75) is 32.5 Å². The van der Waals surface area contributed by atoms with Crippen LogP contribution in [0.25, 0.3) is 0 Å².